The van der Waals surface area contributed by atoms with E-state index >= 15 is 0 Å². The standard InChI is InChI=1S/C52H106S/c1-3-5-7-9-11-13-15-17-19-21-23-25-27-29-31-33-35-37-39-41-43-45-47-49-51-53-52-50-48-46-44-42-40-38-36-34-32-30-28-26-24-22-20-18-16-14-12-10-8-6-4-2/h3-52H2,1-2H3. The topological polar surface area (TPSA) is 0 Å². The maximum absolute atomic E-state index is 2.31. The lowest BCUT2D eigenvalue weighted by Gasteiger charge is -2.05. The van der Waals surface area contributed by atoms with Gasteiger partial charge in [0, 0.05) is 0 Å². The second kappa shape index (κ2) is 52.3. The molecule has 0 aromatic rings. The summed E-state index contributed by atoms with van der Waals surface area (Å²) in [5.41, 5.74) is 0. The van der Waals surface area contributed by atoms with E-state index in [1.807, 2.05) is 0 Å². The van der Waals surface area contributed by atoms with E-state index in [1.165, 1.54) is 320 Å². The average molecular weight is 763 g/mol. The SMILES string of the molecule is CCCCCCCCCCCCCCCCCCCCCCCCCCSCCCCCCCCCCCCCCCCCCCCCCCCCC. The van der Waals surface area contributed by atoms with Gasteiger partial charge in [0.05, 0.1) is 0 Å². The molecule has 0 aliphatic heterocycles. The fourth-order valence-electron chi connectivity index (χ4n) is 8.43. The van der Waals surface area contributed by atoms with Gasteiger partial charge in [-0.1, -0.05) is 309 Å². The highest BCUT2D eigenvalue weighted by Crippen LogP contribution is 2.18. The summed E-state index contributed by atoms with van der Waals surface area (Å²) >= 11 is 2.24. The van der Waals surface area contributed by atoms with Crippen LogP contribution in [0.2, 0.25) is 0 Å². The Bertz CT molecular complexity index is 536. The molecule has 53 heavy (non-hydrogen) atoms. The molecule has 0 saturated carbocycles. The molecule has 0 nitrogen and oxygen atoms in total. The van der Waals surface area contributed by atoms with Gasteiger partial charge in [0.2, 0.25) is 0 Å². The third kappa shape index (κ3) is 52.4. The van der Waals surface area contributed by atoms with E-state index in [4.69, 9.17) is 0 Å². The second-order valence-corrected chi connectivity index (χ2v) is 19.1. The molecule has 0 bridgehead atoms. The summed E-state index contributed by atoms with van der Waals surface area (Å²) in [5.74, 6) is 2.83. The van der Waals surface area contributed by atoms with Crippen LogP contribution in [0.1, 0.15) is 322 Å². The summed E-state index contributed by atoms with van der Waals surface area (Å²) in [4.78, 5) is 0. The molecule has 0 aromatic heterocycles. The summed E-state index contributed by atoms with van der Waals surface area (Å²) in [6, 6.07) is 0. The smallest absolute Gasteiger partial charge is 0.00675 e. The van der Waals surface area contributed by atoms with Gasteiger partial charge in [-0.15, -0.1) is 0 Å². The quantitative estimate of drug-likeness (QED) is 0.0556. The maximum Gasteiger partial charge on any atom is -0.00675 e. The lowest BCUT2D eigenvalue weighted by Crippen LogP contribution is -1.87. The molecule has 0 aliphatic carbocycles. The minimum absolute atomic E-state index is 1.37. The molecule has 0 saturated heterocycles. The zero-order chi connectivity index (χ0) is 38.1. The van der Waals surface area contributed by atoms with Crippen molar-refractivity contribution in [2.24, 2.45) is 0 Å². The molecule has 0 heterocycles. The van der Waals surface area contributed by atoms with Gasteiger partial charge >= 0.3 is 0 Å². The fraction of sp³-hybridized carbons (Fsp3) is 1.00. The van der Waals surface area contributed by atoms with Gasteiger partial charge in [0.15, 0.2) is 0 Å². The first-order chi connectivity index (χ1) is 26.4. The summed E-state index contributed by atoms with van der Waals surface area (Å²) in [5, 5.41) is 0. The van der Waals surface area contributed by atoms with Crippen molar-refractivity contribution in [3.63, 3.8) is 0 Å². The van der Waals surface area contributed by atoms with Crippen LogP contribution in [-0.2, 0) is 0 Å². The van der Waals surface area contributed by atoms with Gasteiger partial charge in [-0.3, -0.25) is 0 Å². The summed E-state index contributed by atoms with van der Waals surface area (Å²) < 4.78 is 0. The molecule has 0 unspecified atom stereocenters. The molecular formula is C52H106S. The fourth-order valence-corrected chi connectivity index (χ4v) is 9.46. The van der Waals surface area contributed by atoms with Crippen LogP contribution < -0.4 is 0 Å². The first kappa shape index (κ1) is 53.4. The molecule has 320 valence electrons. The molecule has 0 atom stereocenters. The van der Waals surface area contributed by atoms with Crippen LogP contribution in [0.3, 0.4) is 0 Å². The number of rotatable bonds is 50. The van der Waals surface area contributed by atoms with Crippen molar-refractivity contribution in [1.82, 2.24) is 0 Å². The highest BCUT2D eigenvalue weighted by atomic mass is 32.2. The molecule has 0 aliphatic rings. The van der Waals surface area contributed by atoms with E-state index in [0.29, 0.717) is 0 Å². The Morgan fingerprint density at radius 3 is 0.396 bits per heavy atom. The molecule has 1 heteroatoms. The number of thioether (sulfide) groups is 1. The van der Waals surface area contributed by atoms with E-state index in [1.54, 1.807) is 0 Å². The largest absolute Gasteiger partial charge is 0.162 e. The van der Waals surface area contributed by atoms with E-state index in [2.05, 4.69) is 25.6 Å². The van der Waals surface area contributed by atoms with Crippen LogP contribution in [0.5, 0.6) is 0 Å². The Hall–Kier alpha value is 0.350. The second-order valence-electron chi connectivity index (χ2n) is 17.9. The number of hydrogen-bond donors (Lipinski definition) is 0. The van der Waals surface area contributed by atoms with E-state index in [-0.39, 0.29) is 0 Å². The summed E-state index contributed by atoms with van der Waals surface area (Å²) in [6.07, 6.45) is 71.1. The Morgan fingerprint density at radius 2 is 0.264 bits per heavy atom. The minimum Gasteiger partial charge on any atom is -0.162 e. The van der Waals surface area contributed by atoms with Gasteiger partial charge in [-0.05, 0) is 24.3 Å². The van der Waals surface area contributed by atoms with Crippen molar-refractivity contribution in [3.8, 4) is 0 Å². The first-order valence-corrected chi connectivity index (χ1v) is 27.1. The van der Waals surface area contributed by atoms with Crippen molar-refractivity contribution in [1.29, 1.82) is 0 Å². The summed E-state index contributed by atoms with van der Waals surface area (Å²) in [6.45, 7) is 4.62. The normalized spacial score (nSPS) is 11.7. The molecule has 0 radical (unpaired) electrons. The monoisotopic (exact) mass is 763 g/mol. The Kier molecular flexibility index (Phi) is 52.7. The van der Waals surface area contributed by atoms with Gasteiger partial charge in [-0.2, -0.15) is 11.8 Å². The zero-order valence-corrected chi connectivity index (χ0v) is 38.6. The van der Waals surface area contributed by atoms with Gasteiger partial charge in [0.25, 0.3) is 0 Å². The van der Waals surface area contributed by atoms with Gasteiger partial charge in [-0.25, -0.2) is 0 Å². The Morgan fingerprint density at radius 1 is 0.151 bits per heavy atom. The Labute approximate surface area is 343 Å². The van der Waals surface area contributed by atoms with Crippen LogP contribution in [0.15, 0.2) is 0 Å². The van der Waals surface area contributed by atoms with E-state index in [9.17, 15) is 0 Å². The molecule has 0 aromatic carbocycles. The third-order valence-electron chi connectivity index (χ3n) is 12.3. The number of unbranched alkanes of at least 4 members (excludes halogenated alkanes) is 46. The van der Waals surface area contributed by atoms with Crippen molar-refractivity contribution >= 4 is 11.8 Å². The lowest BCUT2D eigenvalue weighted by molar-refractivity contribution is 0.517. The molecule has 0 spiro atoms. The van der Waals surface area contributed by atoms with Crippen LogP contribution in [0, 0.1) is 0 Å². The lowest BCUT2D eigenvalue weighted by atomic mass is 10.0. The van der Waals surface area contributed by atoms with Crippen LogP contribution >= 0.6 is 11.8 Å². The zero-order valence-electron chi connectivity index (χ0n) is 37.8. The minimum atomic E-state index is 1.37. The van der Waals surface area contributed by atoms with Crippen LogP contribution in [0.25, 0.3) is 0 Å². The van der Waals surface area contributed by atoms with Crippen molar-refractivity contribution in [2.45, 2.75) is 322 Å². The highest BCUT2D eigenvalue weighted by Gasteiger charge is 1.99. The average Bonchev–Trinajstić information content (AvgIpc) is 3.17. The molecule has 0 amide bonds. The third-order valence-corrected chi connectivity index (χ3v) is 13.4. The predicted octanol–water partition coefficient (Wildman–Crippen LogP) is 20.5. The molecule has 0 N–H and O–H groups in total. The van der Waals surface area contributed by atoms with Crippen molar-refractivity contribution in [3.05, 3.63) is 0 Å². The van der Waals surface area contributed by atoms with Gasteiger partial charge < -0.3 is 0 Å². The van der Waals surface area contributed by atoms with Crippen molar-refractivity contribution < 1.29 is 0 Å². The molecule has 0 rings (SSSR count). The van der Waals surface area contributed by atoms with E-state index in [0.717, 1.165) is 0 Å². The van der Waals surface area contributed by atoms with Crippen molar-refractivity contribution in [2.75, 3.05) is 11.5 Å². The first-order valence-electron chi connectivity index (χ1n) is 26.0. The maximum atomic E-state index is 2.31. The highest BCUT2D eigenvalue weighted by molar-refractivity contribution is 7.99. The summed E-state index contributed by atoms with van der Waals surface area (Å²) in [7, 11) is 0. The van der Waals surface area contributed by atoms with Crippen LogP contribution in [0.4, 0.5) is 0 Å². The predicted molar refractivity (Wildman–Crippen MR) is 250 cm³/mol. The number of hydrogen-bond acceptors (Lipinski definition) is 1. The van der Waals surface area contributed by atoms with Gasteiger partial charge in [0.1, 0.15) is 0 Å². The molecular weight excluding hydrogens is 657 g/mol. The molecule has 0 fully saturated rings. The Balaban J connectivity index is 3.05. The van der Waals surface area contributed by atoms with Crippen LogP contribution in [-0.4, -0.2) is 11.5 Å². The van der Waals surface area contributed by atoms with E-state index < -0.39 is 0 Å².